The van der Waals surface area contributed by atoms with Gasteiger partial charge >= 0.3 is 11.9 Å². The molecule has 1 fully saturated rings. The lowest BCUT2D eigenvalue weighted by atomic mass is 10.00. The van der Waals surface area contributed by atoms with E-state index in [9.17, 15) is 19.2 Å². The maximum absolute atomic E-state index is 11.9. The van der Waals surface area contributed by atoms with Crippen molar-refractivity contribution in [3.05, 3.63) is 35.4 Å². The van der Waals surface area contributed by atoms with E-state index in [-0.39, 0.29) is 12.0 Å². The molecule has 0 spiro atoms. The predicted molar refractivity (Wildman–Crippen MR) is 73.2 cm³/mol. The molecular formula is C14H14N2O6. The summed E-state index contributed by atoms with van der Waals surface area (Å²) < 4.78 is 0. The molecule has 0 saturated carbocycles. The number of aromatic carboxylic acids is 1. The average molecular weight is 306 g/mol. The number of nitrogens with one attached hydrogen (secondary N) is 2. The molecule has 4 N–H and O–H groups in total. The minimum atomic E-state index is -1.18. The topological polar surface area (TPSA) is 133 Å². The van der Waals surface area contributed by atoms with Gasteiger partial charge in [-0.25, -0.2) is 4.79 Å². The van der Waals surface area contributed by atoms with Crippen LogP contribution in [0, 0.1) is 0 Å². The number of hydrogen-bond donors (Lipinski definition) is 4. The third kappa shape index (κ3) is 3.60. The van der Waals surface area contributed by atoms with Gasteiger partial charge in [-0.15, -0.1) is 0 Å². The van der Waals surface area contributed by atoms with E-state index in [1.807, 2.05) is 0 Å². The van der Waals surface area contributed by atoms with E-state index in [1.165, 1.54) is 12.1 Å². The van der Waals surface area contributed by atoms with Crippen LogP contribution in [0.15, 0.2) is 24.3 Å². The summed E-state index contributed by atoms with van der Waals surface area (Å²) in [5, 5.41) is 22.3. The fraction of sp³-hybridized carbons (Fsp3) is 0.286. The summed E-state index contributed by atoms with van der Waals surface area (Å²) in [6.45, 7) is 0. The van der Waals surface area contributed by atoms with Gasteiger partial charge in [0.15, 0.2) is 0 Å². The van der Waals surface area contributed by atoms with Gasteiger partial charge in [0.05, 0.1) is 12.0 Å². The Hall–Kier alpha value is -2.90. The largest absolute Gasteiger partial charge is 0.481 e. The second-order valence-electron chi connectivity index (χ2n) is 4.93. The van der Waals surface area contributed by atoms with Crippen LogP contribution in [0.1, 0.15) is 22.3 Å². The van der Waals surface area contributed by atoms with Gasteiger partial charge in [-0.3, -0.25) is 14.4 Å². The van der Waals surface area contributed by atoms with Crippen molar-refractivity contribution in [3.8, 4) is 0 Å². The number of aliphatic carboxylic acids is 1. The molecule has 2 rings (SSSR count). The fourth-order valence-electron chi connectivity index (χ4n) is 2.16. The Kier molecular flexibility index (Phi) is 4.40. The molecule has 8 heteroatoms. The van der Waals surface area contributed by atoms with Gasteiger partial charge in [-0.05, 0) is 17.7 Å². The molecule has 2 unspecified atom stereocenters. The maximum atomic E-state index is 11.9. The molecule has 2 amide bonds. The van der Waals surface area contributed by atoms with Crippen LogP contribution in [0.25, 0.3) is 0 Å². The van der Waals surface area contributed by atoms with Crippen molar-refractivity contribution in [2.24, 2.45) is 0 Å². The molecule has 0 radical (unpaired) electrons. The standard InChI is InChI=1S/C14H14N2O6/c17-11(18)6-10-13(20)15-9(12(19)16-10)5-7-1-3-8(4-2-7)14(21)22/h1-4,9-10H,5-6H2,(H,15,20)(H,16,19)(H,17,18)(H,21,22). The van der Waals surface area contributed by atoms with Crippen molar-refractivity contribution in [2.45, 2.75) is 24.9 Å². The molecule has 1 saturated heterocycles. The summed E-state index contributed by atoms with van der Waals surface area (Å²) in [7, 11) is 0. The van der Waals surface area contributed by atoms with Gasteiger partial charge in [0.2, 0.25) is 11.8 Å². The number of carboxylic acid groups (broad SMARTS) is 2. The van der Waals surface area contributed by atoms with E-state index < -0.39 is 42.3 Å². The highest BCUT2D eigenvalue weighted by atomic mass is 16.4. The molecule has 1 aliphatic heterocycles. The first-order chi connectivity index (χ1) is 10.4. The van der Waals surface area contributed by atoms with E-state index in [4.69, 9.17) is 10.2 Å². The Morgan fingerprint density at radius 3 is 2.05 bits per heavy atom. The van der Waals surface area contributed by atoms with Crippen LogP contribution < -0.4 is 10.6 Å². The molecule has 1 aromatic rings. The number of benzene rings is 1. The second-order valence-corrected chi connectivity index (χ2v) is 4.93. The third-order valence-electron chi connectivity index (χ3n) is 3.29. The summed E-state index contributed by atoms with van der Waals surface area (Å²) in [5.74, 6) is -3.24. The Morgan fingerprint density at radius 2 is 1.50 bits per heavy atom. The van der Waals surface area contributed by atoms with Gasteiger partial charge in [0.25, 0.3) is 0 Å². The SMILES string of the molecule is O=C(O)CC1NC(=O)C(Cc2ccc(C(=O)O)cc2)NC1=O. The van der Waals surface area contributed by atoms with E-state index in [0.29, 0.717) is 5.56 Å². The number of carbonyl (C=O) groups is 4. The zero-order valence-electron chi connectivity index (χ0n) is 11.4. The fourth-order valence-corrected chi connectivity index (χ4v) is 2.16. The number of piperazine rings is 1. The normalized spacial score (nSPS) is 20.9. The summed E-state index contributed by atoms with van der Waals surface area (Å²) in [6.07, 6.45) is -0.283. The van der Waals surface area contributed by atoms with Crippen molar-refractivity contribution in [2.75, 3.05) is 0 Å². The van der Waals surface area contributed by atoms with Crippen LogP contribution in [0.4, 0.5) is 0 Å². The molecule has 22 heavy (non-hydrogen) atoms. The van der Waals surface area contributed by atoms with Gasteiger partial charge in [0.1, 0.15) is 12.1 Å². The van der Waals surface area contributed by atoms with Crippen molar-refractivity contribution in [1.82, 2.24) is 10.6 Å². The van der Waals surface area contributed by atoms with Crippen LogP contribution in [-0.4, -0.2) is 46.0 Å². The monoisotopic (exact) mass is 306 g/mol. The first-order valence-electron chi connectivity index (χ1n) is 6.51. The van der Waals surface area contributed by atoms with Crippen LogP contribution in [0.5, 0.6) is 0 Å². The van der Waals surface area contributed by atoms with Crippen LogP contribution >= 0.6 is 0 Å². The van der Waals surface area contributed by atoms with E-state index in [2.05, 4.69) is 10.6 Å². The van der Waals surface area contributed by atoms with Crippen molar-refractivity contribution >= 4 is 23.8 Å². The lowest BCUT2D eigenvalue weighted by Gasteiger charge is -2.28. The van der Waals surface area contributed by atoms with Gasteiger partial charge in [0, 0.05) is 6.42 Å². The molecule has 1 aromatic carbocycles. The highest BCUT2D eigenvalue weighted by molar-refractivity contribution is 5.98. The number of amides is 2. The summed E-state index contributed by atoms with van der Waals surface area (Å²) in [6, 6.07) is 4.06. The molecule has 116 valence electrons. The van der Waals surface area contributed by atoms with E-state index >= 15 is 0 Å². The summed E-state index contributed by atoms with van der Waals surface area (Å²) >= 11 is 0. The molecule has 0 aliphatic carbocycles. The highest BCUT2D eigenvalue weighted by Gasteiger charge is 2.34. The average Bonchev–Trinajstić information content (AvgIpc) is 2.44. The Bertz CT molecular complexity index is 625. The van der Waals surface area contributed by atoms with Crippen LogP contribution in [0.3, 0.4) is 0 Å². The Labute approximate surface area is 125 Å². The first kappa shape index (κ1) is 15.5. The van der Waals surface area contributed by atoms with Crippen molar-refractivity contribution < 1.29 is 29.4 Å². The maximum Gasteiger partial charge on any atom is 0.335 e. The molecule has 1 heterocycles. The Balaban J connectivity index is 2.02. The first-order valence-corrected chi connectivity index (χ1v) is 6.51. The highest BCUT2D eigenvalue weighted by Crippen LogP contribution is 2.10. The molecule has 0 aromatic heterocycles. The molecule has 1 aliphatic rings. The van der Waals surface area contributed by atoms with E-state index in [1.54, 1.807) is 12.1 Å². The zero-order chi connectivity index (χ0) is 16.3. The lowest BCUT2D eigenvalue weighted by Crippen LogP contribution is -2.62. The lowest BCUT2D eigenvalue weighted by molar-refractivity contribution is -0.143. The molecule has 8 nitrogen and oxygen atoms in total. The smallest absolute Gasteiger partial charge is 0.335 e. The van der Waals surface area contributed by atoms with Crippen LogP contribution in [0.2, 0.25) is 0 Å². The van der Waals surface area contributed by atoms with E-state index in [0.717, 1.165) is 0 Å². The Morgan fingerprint density at radius 1 is 0.955 bits per heavy atom. The van der Waals surface area contributed by atoms with Gasteiger partial charge in [-0.1, -0.05) is 12.1 Å². The van der Waals surface area contributed by atoms with Crippen molar-refractivity contribution in [1.29, 1.82) is 0 Å². The number of carbonyl (C=O) groups excluding carboxylic acids is 2. The summed E-state index contributed by atoms with van der Waals surface area (Å²) in [4.78, 5) is 45.0. The van der Waals surface area contributed by atoms with Crippen LogP contribution in [-0.2, 0) is 20.8 Å². The van der Waals surface area contributed by atoms with Gasteiger partial charge < -0.3 is 20.8 Å². The van der Waals surface area contributed by atoms with Crippen molar-refractivity contribution in [3.63, 3.8) is 0 Å². The summed E-state index contributed by atoms with van der Waals surface area (Å²) in [5.41, 5.74) is 0.810. The molecule has 0 bridgehead atoms. The zero-order valence-corrected chi connectivity index (χ0v) is 11.4. The number of rotatable bonds is 5. The molecular weight excluding hydrogens is 292 g/mol. The molecule has 2 atom stereocenters. The minimum Gasteiger partial charge on any atom is -0.481 e. The second kappa shape index (κ2) is 6.25. The minimum absolute atomic E-state index is 0.127. The van der Waals surface area contributed by atoms with Gasteiger partial charge in [-0.2, -0.15) is 0 Å². The number of carboxylic acids is 2. The quantitative estimate of drug-likeness (QED) is 0.573. The predicted octanol–water partition coefficient (Wildman–Crippen LogP) is -0.615. The third-order valence-corrected chi connectivity index (χ3v) is 3.29. The number of hydrogen-bond acceptors (Lipinski definition) is 4.